The molecule has 1 atom stereocenters. The van der Waals surface area contributed by atoms with Gasteiger partial charge < -0.3 is 20.1 Å². The smallest absolute Gasteiger partial charge is 0.241 e. The van der Waals surface area contributed by atoms with Crippen LogP contribution in [0.3, 0.4) is 0 Å². The lowest BCUT2D eigenvalue weighted by molar-refractivity contribution is -0.127. The van der Waals surface area contributed by atoms with Gasteiger partial charge in [-0.3, -0.25) is 14.5 Å². The summed E-state index contributed by atoms with van der Waals surface area (Å²) in [4.78, 5) is 26.8. The number of piperidine rings is 1. The van der Waals surface area contributed by atoms with Gasteiger partial charge in [0.05, 0.1) is 13.2 Å². The Labute approximate surface area is 161 Å². The van der Waals surface area contributed by atoms with Crippen LogP contribution >= 0.6 is 0 Å². The number of anilines is 1. The summed E-state index contributed by atoms with van der Waals surface area (Å²) in [6.07, 6.45) is 2.37. The lowest BCUT2D eigenvalue weighted by Gasteiger charge is -2.34. The lowest BCUT2D eigenvalue weighted by Crippen LogP contribution is -2.48. The van der Waals surface area contributed by atoms with Gasteiger partial charge in [-0.25, -0.2) is 0 Å². The molecule has 27 heavy (non-hydrogen) atoms. The number of amides is 2. The van der Waals surface area contributed by atoms with Crippen LogP contribution in [-0.2, 0) is 14.3 Å². The van der Waals surface area contributed by atoms with Gasteiger partial charge in [0.25, 0.3) is 0 Å². The zero-order chi connectivity index (χ0) is 19.6. The minimum Gasteiger partial charge on any atom is -0.497 e. The molecule has 0 saturated carbocycles. The summed E-state index contributed by atoms with van der Waals surface area (Å²) in [6, 6.07) is 7.04. The quantitative estimate of drug-likeness (QED) is 0.643. The van der Waals surface area contributed by atoms with E-state index in [9.17, 15) is 9.59 Å². The van der Waals surface area contributed by atoms with Crippen LogP contribution < -0.4 is 15.4 Å². The Kier molecular flexibility index (Phi) is 8.54. The van der Waals surface area contributed by atoms with Crippen LogP contribution in [0, 0.1) is 5.92 Å². The molecule has 0 aromatic heterocycles. The minimum atomic E-state index is -0.238. The third-order valence-electron chi connectivity index (χ3n) is 5.01. The molecule has 0 aliphatic carbocycles. The topological polar surface area (TPSA) is 79.9 Å². The normalized spacial score (nSPS) is 16.6. The van der Waals surface area contributed by atoms with E-state index in [0.717, 1.165) is 43.8 Å². The van der Waals surface area contributed by atoms with Crippen LogP contribution in [0.5, 0.6) is 5.75 Å². The van der Waals surface area contributed by atoms with Crippen LogP contribution in [0.1, 0.15) is 26.2 Å². The van der Waals surface area contributed by atoms with Gasteiger partial charge in [-0.05, 0) is 63.5 Å². The monoisotopic (exact) mass is 377 g/mol. The second-order valence-corrected chi connectivity index (χ2v) is 6.84. The van der Waals surface area contributed by atoms with E-state index in [1.54, 1.807) is 14.2 Å². The van der Waals surface area contributed by atoms with Crippen molar-refractivity contribution in [2.75, 3.05) is 45.8 Å². The minimum absolute atomic E-state index is 0.0284. The summed E-state index contributed by atoms with van der Waals surface area (Å²) in [5.41, 5.74) is 0.748. The molecule has 1 saturated heterocycles. The average molecular weight is 377 g/mol. The standard InChI is InChI=1S/C20H31N3O4/c1-15(19(24)22-17-5-7-18(27-3)8-6-17)23-12-9-16(10-13-23)20(25)21-11-4-14-26-2/h5-8,15-16H,4,9-14H2,1-3H3,(H,21,25)(H,22,24). The molecule has 2 amide bonds. The summed E-state index contributed by atoms with van der Waals surface area (Å²) >= 11 is 0. The number of hydrogen-bond donors (Lipinski definition) is 2. The van der Waals surface area contributed by atoms with E-state index in [-0.39, 0.29) is 23.8 Å². The Hall–Kier alpha value is -2.12. The summed E-state index contributed by atoms with van der Waals surface area (Å²) < 4.78 is 10.1. The maximum absolute atomic E-state index is 12.5. The first-order valence-electron chi connectivity index (χ1n) is 9.50. The summed E-state index contributed by atoms with van der Waals surface area (Å²) in [6.45, 7) is 4.69. The predicted octanol–water partition coefficient (Wildman–Crippen LogP) is 1.89. The molecule has 1 fully saturated rings. The van der Waals surface area contributed by atoms with E-state index >= 15 is 0 Å². The second kappa shape index (κ2) is 10.9. The molecule has 2 N–H and O–H groups in total. The van der Waals surface area contributed by atoms with Crippen LogP contribution in [0.4, 0.5) is 5.69 Å². The first-order valence-corrected chi connectivity index (χ1v) is 9.50. The Bertz CT molecular complexity index is 598. The molecule has 1 aliphatic rings. The van der Waals surface area contributed by atoms with E-state index in [1.165, 1.54) is 0 Å². The number of rotatable bonds is 9. The fourth-order valence-corrected chi connectivity index (χ4v) is 3.21. The van der Waals surface area contributed by atoms with Crippen molar-refractivity contribution < 1.29 is 19.1 Å². The number of carbonyl (C=O) groups excluding carboxylic acids is 2. The van der Waals surface area contributed by atoms with Gasteiger partial charge >= 0.3 is 0 Å². The van der Waals surface area contributed by atoms with E-state index in [2.05, 4.69) is 15.5 Å². The van der Waals surface area contributed by atoms with Gasteiger partial charge in [0.15, 0.2) is 0 Å². The fourth-order valence-electron chi connectivity index (χ4n) is 3.21. The van der Waals surface area contributed by atoms with Crippen LogP contribution in [0.2, 0.25) is 0 Å². The molecule has 1 aliphatic heterocycles. The molecule has 1 aromatic rings. The lowest BCUT2D eigenvalue weighted by atomic mass is 9.95. The van der Waals surface area contributed by atoms with E-state index in [4.69, 9.17) is 9.47 Å². The van der Waals surface area contributed by atoms with Gasteiger partial charge in [-0.15, -0.1) is 0 Å². The number of nitrogens with zero attached hydrogens (tertiary/aromatic N) is 1. The molecule has 0 radical (unpaired) electrons. The largest absolute Gasteiger partial charge is 0.497 e. The number of benzene rings is 1. The molecular formula is C20H31N3O4. The van der Waals surface area contributed by atoms with Gasteiger partial charge in [0, 0.05) is 31.9 Å². The highest BCUT2D eigenvalue weighted by molar-refractivity contribution is 5.94. The maximum atomic E-state index is 12.5. The Morgan fingerprint density at radius 3 is 2.44 bits per heavy atom. The first-order chi connectivity index (χ1) is 13.0. The highest BCUT2D eigenvalue weighted by Gasteiger charge is 2.29. The number of carbonyl (C=O) groups is 2. The average Bonchev–Trinajstić information content (AvgIpc) is 2.71. The number of methoxy groups -OCH3 is 2. The maximum Gasteiger partial charge on any atom is 0.241 e. The zero-order valence-electron chi connectivity index (χ0n) is 16.5. The fraction of sp³-hybridized carbons (Fsp3) is 0.600. The molecule has 1 unspecified atom stereocenters. The van der Waals surface area contributed by atoms with Crippen molar-refractivity contribution in [3.05, 3.63) is 24.3 Å². The number of hydrogen-bond acceptors (Lipinski definition) is 5. The van der Waals surface area contributed by atoms with Crippen molar-refractivity contribution in [1.29, 1.82) is 0 Å². The Balaban J connectivity index is 1.75. The van der Waals surface area contributed by atoms with Crippen LogP contribution in [0.25, 0.3) is 0 Å². The van der Waals surface area contributed by atoms with Gasteiger partial charge in [0.2, 0.25) is 11.8 Å². The summed E-state index contributed by atoms with van der Waals surface area (Å²) in [7, 11) is 3.27. The predicted molar refractivity (Wildman–Crippen MR) is 105 cm³/mol. The summed E-state index contributed by atoms with van der Waals surface area (Å²) in [5.74, 6) is 0.855. The molecule has 2 rings (SSSR count). The third kappa shape index (κ3) is 6.52. The van der Waals surface area contributed by atoms with Crippen LogP contribution in [0.15, 0.2) is 24.3 Å². The Morgan fingerprint density at radius 2 is 1.85 bits per heavy atom. The van der Waals surface area contributed by atoms with Gasteiger partial charge in [-0.1, -0.05) is 0 Å². The first kappa shape index (κ1) is 21.2. The van der Waals surface area contributed by atoms with Crippen molar-refractivity contribution >= 4 is 17.5 Å². The molecule has 7 nitrogen and oxygen atoms in total. The molecule has 1 heterocycles. The van der Waals surface area contributed by atoms with E-state index in [0.29, 0.717) is 13.2 Å². The van der Waals surface area contributed by atoms with Crippen LogP contribution in [-0.4, -0.2) is 63.2 Å². The molecule has 0 spiro atoms. The molecule has 7 heteroatoms. The van der Waals surface area contributed by atoms with Gasteiger partial charge in [-0.2, -0.15) is 0 Å². The molecule has 150 valence electrons. The van der Waals surface area contributed by atoms with E-state index in [1.807, 2.05) is 31.2 Å². The zero-order valence-corrected chi connectivity index (χ0v) is 16.5. The summed E-state index contributed by atoms with van der Waals surface area (Å²) in [5, 5.41) is 5.91. The van der Waals surface area contributed by atoms with E-state index < -0.39 is 0 Å². The number of ether oxygens (including phenoxy) is 2. The molecule has 0 bridgehead atoms. The second-order valence-electron chi connectivity index (χ2n) is 6.84. The van der Waals surface area contributed by atoms with Crippen molar-refractivity contribution in [2.45, 2.75) is 32.2 Å². The van der Waals surface area contributed by atoms with Crippen molar-refractivity contribution in [1.82, 2.24) is 10.2 Å². The highest BCUT2D eigenvalue weighted by atomic mass is 16.5. The van der Waals surface area contributed by atoms with Crippen molar-refractivity contribution in [2.24, 2.45) is 5.92 Å². The molecule has 1 aromatic carbocycles. The third-order valence-corrected chi connectivity index (χ3v) is 5.01. The molecular weight excluding hydrogens is 346 g/mol. The van der Waals surface area contributed by atoms with Gasteiger partial charge in [0.1, 0.15) is 5.75 Å². The van der Waals surface area contributed by atoms with Crippen molar-refractivity contribution in [3.63, 3.8) is 0 Å². The SMILES string of the molecule is COCCCNC(=O)C1CCN(C(C)C(=O)Nc2ccc(OC)cc2)CC1. The number of nitrogens with one attached hydrogen (secondary N) is 2. The number of likely N-dealkylation sites (tertiary alicyclic amines) is 1. The van der Waals surface area contributed by atoms with Crippen molar-refractivity contribution in [3.8, 4) is 5.75 Å². The Morgan fingerprint density at radius 1 is 1.19 bits per heavy atom. The highest BCUT2D eigenvalue weighted by Crippen LogP contribution is 2.20.